The van der Waals surface area contributed by atoms with Crippen LogP contribution in [0, 0.1) is 11.3 Å². The molecule has 0 aromatic heterocycles. The van der Waals surface area contributed by atoms with Crippen LogP contribution >= 0.6 is 0 Å². The predicted molar refractivity (Wildman–Crippen MR) is 49.4 cm³/mol. The lowest BCUT2D eigenvalue weighted by Crippen LogP contribution is -2.29. The molecule has 1 rings (SSSR count). The Morgan fingerprint density at radius 3 is 2.18 bits per heavy atom. The van der Waals surface area contributed by atoms with Gasteiger partial charge in [-0.3, -0.25) is 0 Å². The first kappa shape index (κ1) is 9.05. The molecular formula is C10H21N. The van der Waals surface area contributed by atoms with E-state index in [0.29, 0.717) is 11.5 Å². The van der Waals surface area contributed by atoms with E-state index in [9.17, 15) is 0 Å². The third-order valence-electron chi connectivity index (χ3n) is 2.99. The number of rotatable bonds is 4. The minimum absolute atomic E-state index is 0.463. The quantitative estimate of drug-likeness (QED) is 0.663. The molecule has 1 saturated carbocycles. The summed E-state index contributed by atoms with van der Waals surface area (Å²) < 4.78 is 0. The maximum absolute atomic E-state index is 6.06. The van der Waals surface area contributed by atoms with Crippen LogP contribution in [0.1, 0.15) is 46.5 Å². The molecule has 0 amide bonds. The normalized spacial score (nSPS) is 23.7. The smallest absolute Gasteiger partial charge is 0.00930 e. The molecule has 0 bridgehead atoms. The second-order valence-corrected chi connectivity index (χ2v) is 4.73. The standard InChI is InChI=1S/C10H21N/c1-8(2)4-5-9(11)10(3)6-7-10/h8-9H,4-7,11H2,1-3H3. The van der Waals surface area contributed by atoms with Gasteiger partial charge in [0, 0.05) is 6.04 Å². The van der Waals surface area contributed by atoms with Crippen molar-refractivity contribution in [2.75, 3.05) is 0 Å². The molecule has 0 heterocycles. The lowest BCUT2D eigenvalue weighted by Gasteiger charge is -2.19. The SMILES string of the molecule is CC(C)CCC(N)C1(C)CC1. The first-order valence-corrected chi connectivity index (χ1v) is 4.80. The summed E-state index contributed by atoms with van der Waals surface area (Å²) in [7, 11) is 0. The van der Waals surface area contributed by atoms with Gasteiger partial charge in [-0.1, -0.05) is 20.8 Å². The van der Waals surface area contributed by atoms with Gasteiger partial charge in [0.05, 0.1) is 0 Å². The van der Waals surface area contributed by atoms with Crippen molar-refractivity contribution in [3.63, 3.8) is 0 Å². The molecule has 66 valence electrons. The highest BCUT2D eigenvalue weighted by Crippen LogP contribution is 2.48. The highest BCUT2D eigenvalue weighted by molar-refractivity contribution is 4.96. The second-order valence-electron chi connectivity index (χ2n) is 4.73. The molecule has 0 aromatic rings. The van der Waals surface area contributed by atoms with E-state index in [4.69, 9.17) is 5.73 Å². The Hall–Kier alpha value is -0.0400. The lowest BCUT2D eigenvalue weighted by atomic mass is 9.93. The Morgan fingerprint density at radius 1 is 1.27 bits per heavy atom. The molecular weight excluding hydrogens is 134 g/mol. The summed E-state index contributed by atoms with van der Waals surface area (Å²) in [5.74, 6) is 0.809. The van der Waals surface area contributed by atoms with Crippen LogP contribution in [0.4, 0.5) is 0 Å². The lowest BCUT2D eigenvalue weighted by molar-refractivity contribution is 0.379. The summed E-state index contributed by atoms with van der Waals surface area (Å²) in [6.07, 6.45) is 5.21. The molecule has 0 spiro atoms. The van der Waals surface area contributed by atoms with E-state index < -0.39 is 0 Å². The van der Waals surface area contributed by atoms with Crippen molar-refractivity contribution in [3.05, 3.63) is 0 Å². The molecule has 0 saturated heterocycles. The van der Waals surface area contributed by atoms with Gasteiger partial charge in [-0.05, 0) is 37.0 Å². The van der Waals surface area contributed by atoms with Crippen LogP contribution in [0.3, 0.4) is 0 Å². The Morgan fingerprint density at radius 2 is 1.82 bits per heavy atom. The van der Waals surface area contributed by atoms with Gasteiger partial charge < -0.3 is 5.73 Å². The monoisotopic (exact) mass is 155 g/mol. The highest BCUT2D eigenvalue weighted by Gasteiger charge is 2.42. The zero-order chi connectivity index (χ0) is 8.48. The maximum atomic E-state index is 6.06. The van der Waals surface area contributed by atoms with Gasteiger partial charge >= 0.3 is 0 Å². The van der Waals surface area contributed by atoms with Crippen LogP contribution in [0.2, 0.25) is 0 Å². The van der Waals surface area contributed by atoms with Crippen LogP contribution in [-0.2, 0) is 0 Å². The van der Waals surface area contributed by atoms with Crippen molar-refractivity contribution < 1.29 is 0 Å². The van der Waals surface area contributed by atoms with E-state index >= 15 is 0 Å². The summed E-state index contributed by atoms with van der Waals surface area (Å²) in [5.41, 5.74) is 6.58. The van der Waals surface area contributed by atoms with Gasteiger partial charge in [-0.15, -0.1) is 0 Å². The van der Waals surface area contributed by atoms with Gasteiger partial charge in [0.25, 0.3) is 0 Å². The Balaban J connectivity index is 2.16. The fraction of sp³-hybridized carbons (Fsp3) is 1.00. The minimum Gasteiger partial charge on any atom is -0.327 e. The average molecular weight is 155 g/mol. The van der Waals surface area contributed by atoms with E-state index in [1.165, 1.54) is 25.7 Å². The van der Waals surface area contributed by atoms with Crippen LogP contribution in [-0.4, -0.2) is 6.04 Å². The Bertz CT molecular complexity index is 125. The third kappa shape index (κ3) is 2.48. The summed E-state index contributed by atoms with van der Waals surface area (Å²) in [5, 5.41) is 0. The molecule has 0 radical (unpaired) electrons. The van der Waals surface area contributed by atoms with Crippen molar-refractivity contribution in [1.82, 2.24) is 0 Å². The molecule has 1 aliphatic carbocycles. The van der Waals surface area contributed by atoms with Crippen molar-refractivity contribution in [3.8, 4) is 0 Å². The van der Waals surface area contributed by atoms with Gasteiger partial charge in [-0.25, -0.2) is 0 Å². The highest BCUT2D eigenvalue weighted by atomic mass is 14.7. The van der Waals surface area contributed by atoms with Gasteiger partial charge in [0.15, 0.2) is 0 Å². The van der Waals surface area contributed by atoms with Crippen molar-refractivity contribution in [2.45, 2.75) is 52.5 Å². The molecule has 0 aliphatic heterocycles. The van der Waals surface area contributed by atoms with E-state index in [2.05, 4.69) is 20.8 Å². The molecule has 1 unspecified atom stereocenters. The van der Waals surface area contributed by atoms with E-state index in [-0.39, 0.29) is 0 Å². The molecule has 2 N–H and O–H groups in total. The van der Waals surface area contributed by atoms with Crippen molar-refractivity contribution in [2.24, 2.45) is 17.1 Å². The number of hydrogen-bond donors (Lipinski definition) is 1. The minimum atomic E-state index is 0.463. The molecule has 1 atom stereocenters. The Kier molecular flexibility index (Phi) is 2.58. The molecule has 0 aromatic carbocycles. The van der Waals surface area contributed by atoms with Crippen LogP contribution in [0.5, 0.6) is 0 Å². The van der Waals surface area contributed by atoms with E-state index in [1.54, 1.807) is 0 Å². The van der Waals surface area contributed by atoms with Crippen LogP contribution < -0.4 is 5.73 Å². The van der Waals surface area contributed by atoms with Gasteiger partial charge in [0.1, 0.15) is 0 Å². The fourth-order valence-corrected chi connectivity index (χ4v) is 1.43. The van der Waals surface area contributed by atoms with E-state index in [0.717, 1.165) is 5.92 Å². The van der Waals surface area contributed by atoms with E-state index in [1.807, 2.05) is 0 Å². The molecule has 1 aliphatic rings. The summed E-state index contributed by atoms with van der Waals surface area (Å²) in [4.78, 5) is 0. The topological polar surface area (TPSA) is 26.0 Å². The van der Waals surface area contributed by atoms with Gasteiger partial charge in [0.2, 0.25) is 0 Å². The van der Waals surface area contributed by atoms with Gasteiger partial charge in [-0.2, -0.15) is 0 Å². The van der Waals surface area contributed by atoms with Crippen molar-refractivity contribution >= 4 is 0 Å². The molecule has 1 heteroatoms. The summed E-state index contributed by atoms with van der Waals surface area (Å²) in [6.45, 7) is 6.85. The molecule has 1 fully saturated rings. The summed E-state index contributed by atoms with van der Waals surface area (Å²) in [6, 6.07) is 0.463. The zero-order valence-electron chi connectivity index (χ0n) is 8.06. The molecule has 1 nitrogen and oxygen atoms in total. The van der Waals surface area contributed by atoms with Crippen molar-refractivity contribution in [1.29, 1.82) is 0 Å². The summed E-state index contributed by atoms with van der Waals surface area (Å²) >= 11 is 0. The van der Waals surface area contributed by atoms with Crippen LogP contribution in [0.25, 0.3) is 0 Å². The predicted octanol–water partition coefficient (Wildman–Crippen LogP) is 2.55. The number of nitrogens with two attached hydrogens (primary N) is 1. The largest absolute Gasteiger partial charge is 0.327 e. The average Bonchev–Trinajstić information content (AvgIpc) is 2.64. The third-order valence-corrected chi connectivity index (χ3v) is 2.99. The first-order chi connectivity index (χ1) is 5.04. The number of hydrogen-bond acceptors (Lipinski definition) is 1. The van der Waals surface area contributed by atoms with Crippen LogP contribution in [0.15, 0.2) is 0 Å². The maximum Gasteiger partial charge on any atom is 0.00930 e. The first-order valence-electron chi connectivity index (χ1n) is 4.80. The molecule has 11 heavy (non-hydrogen) atoms. The Labute approximate surface area is 70.4 Å². The zero-order valence-corrected chi connectivity index (χ0v) is 8.06. The fourth-order valence-electron chi connectivity index (χ4n) is 1.43. The second kappa shape index (κ2) is 3.14.